The quantitative estimate of drug-likeness (QED) is 0.838. The lowest BCUT2D eigenvalue weighted by atomic mass is 10.3. The van der Waals surface area contributed by atoms with E-state index in [-0.39, 0.29) is 5.69 Å². The topological polar surface area (TPSA) is 86.5 Å². The minimum atomic E-state index is -1.07. The lowest BCUT2D eigenvalue weighted by molar-refractivity contribution is 0.0690. The molecular weight excluding hydrogens is 294 g/mol. The van der Waals surface area contributed by atoms with Gasteiger partial charge < -0.3 is 14.6 Å². The zero-order chi connectivity index (χ0) is 14.7. The highest BCUT2D eigenvalue weighted by Crippen LogP contribution is 2.34. The minimum absolute atomic E-state index is 0.0423. The van der Waals surface area contributed by atoms with Crippen LogP contribution in [-0.4, -0.2) is 45.0 Å². The van der Waals surface area contributed by atoms with Gasteiger partial charge in [-0.15, -0.1) is 16.9 Å². The summed E-state index contributed by atoms with van der Waals surface area (Å²) >= 11 is 1.63. The molecule has 2 heterocycles. The molecule has 0 radical (unpaired) electrons. The van der Waals surface area contributed by atoms with E-state index in [2.05, 4.69) is 10.3 Å². The first-order valence-corrected chi connectivity index (χ1v) is 7.37. The lowest BCUT2D eigenvalue weighted by Gasteiger charge is -2.18. The van der Waals surface area contributed by atoms with Crippen molar-refractivity contribution in [3.8, 4) is 11.5 Å². The standard InChI is InChI=1S/C13H13N3O4S/c17-13(18)10-8-16(15-14-10)3-6-21-9-1-2-11-12(7-9)20-5-4-19-11/h1-2,7-8H,3-6H2,(H,17,18). The van der Waals surface area contributed by atoms with E-state index < -0.39 is 5.97 Å². The SMILES string of the molecule is O=C(O)c1cn(CCSc2ccc3c(c2)OCCO3)nn1. The monoisotopic (exact) mass is 307 g/mol. The van der Waals surface area contributed by atoms with Crippen LogP contribution in [0.3, 0.4) is 0 Å². The summed E-state index contributed by atoms with van der Waals surface area (Å²) in [6.45, 7) is 1.73. The number of hydrogen-bond donors (Lipinski definition) is 1. The van der Waals surface area contributed by atoms with Crippen molar-refractivity contribution in [3.05, 3.63) is 30.1 Å². The lowest BCUT2D eigenvalue weighted by Crippen LogP contribution is -2.15. The third-order valence-electron chi connectivity index (χ3n) is 2.86. The van der Waals surface area contributed by atoms with Gasteiger partial charge in [-0.05, 0) is 18.2 Å². The van der Waals surface area contributed by atoms with Crippen molar-refractivity contribution in [1.29, 1.82) is 0 Å². The Labute approximate surface area is 124 Å². The minimum Gasteiger partial charge on any atom is -0.486 e. The molecule has 8 heteroatoms. The molecule has 1 aliphatic rings. The van der Waals surface area contributed by atoms with Gasteiger partial charge in [-0.2, -0.15) is 0 Å². The van der Waals surface area contributed by atoms with E-state index in [0.29, 0.717) is 19.8 Å². The Balaban J connectivity index is 1.56. The molecule has 0 unspecified atom stereocenters. The fraction of sp³-hybridized carbons (Fsp3) is 0.308. The van der Waals surface area contributed by atoms with Crippen LogP contribution >= 0.6 is 11.8 Å². The normalized spacial score (nSPS) is 13.1. The highest BCUT2D eigenvalue weighted by Gasteiger charge is 2.12. The maximum absolute atomic E-state index is 10.7. The van der Waals surface area contributed by atoms with E-state index in [0.717, 1.165) is 22.1 Å². The van der Waals surface area contributed by atoms with Crippen LogP contribution in [0.25, 0.3) is 0 Å². The molecule has 1 N–H and O–H groups in total. The molecule has 1 aromatic heterocycles. The van der Waals surface area contributed by atoms with Crippen LogP contribution in [0.4, 0.5) is 0 Å². The molecule has 0 saturated heterocycles. The highest BCUT2D eigenvalue weighted by atomic mass is 32.2. The molecule has 0 amide bonds. The van der Waals surface area contributed by atoms with Gasteiger partial charge in [-0.3, -0.25) is 4.68 Å². The molecule has 0 saturated carbocycles. The van der Waals surface area contributed by atoms with E-state index in [4.69, 9.17) is 14.6 Å². The molecule has 0 fully saturated rings. The molecule has 1 aromatic carbocycles. The van der Waals surface area contributed by atoms with Crippen LogP contribution in [0.15, 0.2) is 29.3 Å². The maximum Gasteiger partial charge on any atom is 0.358 e. The number of hydrogen-bond acceptors (Lipinski definition) is 6. The Morgan fingerprint density at radius 3 is 2.90 bits per heavy atom. The van der Waals surface area contributed by atoms with Gasteiger partial charge in [0, 0.05) is 10.6 Å². The largest absolute Gasteiger partial charge is 0.486 e. The van der Waals surface area contributed by atoms with Gasteiger partial charge in [0.15, 0.2) is 17.2 Å². The summed E-state index contributed by atoms with van der Waals surface area (Å²) < 4.78 is 12.5. The van der Waals surface area contributed by atoms with Crippen LogP contribution in [0, 0.1) is 0 Å². The Hall–Kier alpha value is -2.22. The van der Waals surface area contributed by atoms with Gasteiger partial charge in [0.2, 0.25) is 0 Å². The van der Waals surface area contributed by atoms with Crippen molar-refractivity contribution in [2.24, 2.45) is 0 Å². The number of carboxylic acid groups (broad SMARTS) is 1. The van der Waals surface area contributed by atoms with Crippen molar-refractivity contribution in [2.75, 3.05) is 19.0 Å². The molecule has 0 atom stereocenters. The number of carboxylic acids is 1. The van der Waals surface area contributed by atoms with E-state index in [1.54, 1.807) is 11.8 Å². The number of fused-ring (bicyclic) bond motifs is 1. The smallest absolute Gasteiger partial charge is 0.358 e. The van der Waals surface area contributed by atoms with E-state index in [1.807, 2.05) is 18.2 Å². The summed E-state index contributed by atoms with van der Waals surface area (Å²) in [5, 5.41) is 16.1. The Bertz CT molecular complexity index is 659. The van der Waals surface area contributed by atoms with Crippen LogP contribution in [0.5, 0.6) is 11.5 Å². The average molecular weight is 307 g/mol. The van der Waals surface area contributed by atoms with Gasteiger partial charge in [0.05, 0.1) is 12.7 Å². The summed E-state index contributed by atoms with van der Waals surface area (Å²) in [5.74, 6) is 1.22. The predicted molar refractivity (Wildman–Crippen MR) is 75.1 cm³/mol. The predicted octanol–water partition coefficient (Wildman–Crippen LogP) is 1.54. The Morgan fingerprint density at radius 1 is 1.33 bits per heavy atom. The summed E-state index contributed by atoms with van der Waals surface area (Å²) in [5.41, 5.74) is -0.0423. The van der Waals surface area contributed by atoms with E-state index in [1.165, 1.54) is 10.9 Å². The van der Waals surface area contributed by atoms with Crippen molar-refractivity contribution in [2.45, 2.75) is 11.4 Å². The van der Waals surface area contributed by atoms with Crippen LogP contribution in [0.2, 0.25) is 0 Å². The first-order chi connectivity index (χ1) is 10.2. The fourth-order valence-electron chi connectivity index (χ4n) is 1.88. The molecule has 3 rings (SSSR count). The number of thioether (sulfide) groups is 1. The van der Waals surface area contributed by atoms with Gasteiger partial charge in [-0.25, -0.2) is 4.79 Å². The Kier molecular flexibility index (Phi) is 3.96. The zero-order valence-electron chi connectivity index (χ0n) is 11.1. The third kappa shape index (κ3) is 3.27. The van der Waals surface area contributed by atoms with Crippen molar-refractivity contribution in [3.63, 3.8) is 0 Å². The van der Waals surface area contributed by atoms with Gasteiger partial charge in [-0.1, -0.05) is 5.21 Å². The second-order valence-corrected chi connectivity index (χ2v) is 5.49. The number of aryl methyl sites for hydroxylation is 1. The van der Waals surface area contributed by atoms with Gasteiger partial charge in [0.25, 0.3) is 0 Å². The summed E-state index contributed by atoms with van der Waals surface area (Å²) in [6, 6.07) is 5.82. The number of aromatic nitrogens is 3. The molecule has 21 heavy (non-hydrogen) atoms. The van der Waals surface area contributed by atoms with Crippen LogP contribution < -0.4 is 9.47 Å². The molecular formula is C13H13N3O4S. The van der Waals surface area contributed by atoms with Gasteiger partial charge in [0.1, 0.15) is 13.2 Å². The second kappa shape index (κ2) is 6.04. The molecule has 0 bridgehead atoms. The molecule has 2 aromatic rings. The second-order valence-electron chi connectivity index (χ2n) is 4.33. The highest BCUT2D eigenvalue weighted by molar-refractivity contribution is 7.99. The van der Waals surface area contributed by atoms with Crippen molar-refractivity contribution < 1.29 is 19.4 Å². The van der Waals surface area contributed by atoms with Crippen molar-refractivity contribution >= 4 is 17.7 Å². The number of nitrogens with zero attached hydrogens (tertiary/aromatic N) is 3. The maximum atomic E-state index is 10.7. The first-order valence-electron chi connectivity index (χ1n) is 6.38. The summed E-state index contributed by atoms with van der Waals surface area (Å²) in [4.78, 5) is 11.8. The van der Waals surface area contributed by atoms with Crippen LogP contribution in [0.1, 0.15) is 10.5 Å². The first kappa shape index (κ1) is 13.7. The third-order valence-corrected chi connectivity index (χ3v) is 3.83. The summed E-state index contributed by atoms with van der Waals surface area (Å²) in [7, 11) is 0. The molecule has 7 nitrogen and oxygen atoms in total. The zero-order valence-corrected chi connectivity index (χ0v) is 11.9. The molecule has 0 aliphatic carbocycles. The number of carbonyl (C=O) groups is 1. The molecule has 0 spiro atoms. The fourth-order valence-corrected chi connectivity index (χ4v) is 2.74. The average Bonchev–Trinajstić information content (AvgIpc) is 2.96. The Morgan fingerprint density at radius 2 is 2.14 bits per heavy atom. The van der Waals surface area contributed by atoms with E-state index in [9.17, 15) is 4.79 Å². The number of benzene rings is 1. The van der Waals surface area contributed by atoms with Gasteiger partial charge >= 0.3 is 5.97 Å². The molecule has 110 valence electrons. The molecule has 1 aliphatic heterocycles. The summed E-state index contributed by atoms with van der Waals surface area (Å²) in [6.07, 6.45) is 1.42. The number of rotatable bonds is 5. The number of ether oxygens (including phenoxy) is 2. The number of aromatic carboxylic acids is 1. The van der Waals surface area contributed by atoms with Crippen molar-refractivity contribution in [1.82, 2.24) is 15.0 Å². The van der Waals surface area contributed by atoms with E-state index >= 15 is 0 Å². The van der Waals surface area contributed by atoms with Crippen LogP contribution in [-0.2, 0) is 6.54 Å².